The lowest BCUT2D eigenvalue weighted by Crippen LogP contribution is -2.25. The lowest BCUT2D eigenvalue weighted by molar-refractivity contribution is 0.100. The van der Waals surface area contributed by atoms with Crippen molar-refractivity contribution in [3.8, 4) is 0 Å². The number of hydrogen-bond acceptors (Lipinski definition) is 4. The largest absolute Gasteiger partial charge is 0.321 e. The zero-order valence-corrected chi connectivity index (χ0v) is 11.8. The minimum Gasteiger partial charge on any atom is -0.321 e. The monoisotopic (exact) mass is 285 g/mol. The summed E-state index contributed by atoms with van der Waals surface area (Å²) in [7, 11) is 0. The van der Waals surface area contributed by atoms with Gasteiger partial charge in [0.05, 0.1) is 0 Å². The van der Waals surface area contributed by atoms with Gasteiger partial charge in [0.2, 0.25) is 0 Å². The second-order valence-electron chi connectivity index (χ2n) is 4.46. The van der Waals surface area contributed by atoms with Crippen LogP contribution in [0.2, 0.25) is 0 Å². The van der Waals surface area contributed by atoms with Gasteiger partial charge in [0.25, 0.3) is 11.5 Å². The standard InChI is InChI=1S/C15H15N3O3/c1-3-18-14(20)8-7-13(17-18)15(21)16-12-6-4-5-11(9-12)10(2)19/h4-9H,3H2,1-2H3,(H,16,21). The molecule has 0 aliphatic heterocycles. The lowest BCUT2D eigenvalue weighted by atomic mass is 10.1. The molecule has 21 heavy (non-hydrogen) atoms. The Kier molecular flexibility index (Phi) is 4.27. The maximum Gasteiger partial charge on any atom is 0.276 e. The van der Waals surface area contributed by atoms with E-state index in [0.29, 0.717) is 17.8 Å². The number of carbonyl (C=O) groups excluding carboxylic acids is 2. The first-order valence-corrected chi connectivity index (χ1v) is 6.51. The Morgan fingerprint density at radius 3 is 2.67 bits per heavy atom. The van der Waals surface area contributed by atoms with Gasteiger partial charge in [0, 0.05) is 23.9 Å². The molecular formula is C15H15N3O3. The summed E-state index contributed by atoms with van der Waals surface area (Å²) in [4.78, 5) is 34.8. The van der Waals surface area contributed by atoms with Crippen LogP contribution in [-0.4, -0.2) is 21.5 Å². The van der Waals surface area contributed by atoms with E-state index in [2.05, 4.69) is 10.4 Å². The fraction of sp³-hybridized carbons (Fsp3) is 0.200. The van der Waals surface area contributed by atoms with Gasteiger partial charge in [-0.3, -0.25) is 14.4 Å². The van der Waals surface area contributed by atoms with Crippen LogP contribution in [0.3, 0.4) is 0 Å². The van der Waals surface area contributed by atoms with E-state index in [1.54, 1.807) is 31.2 Å². The molecule has 1 aromatic heterocycles. The van der Waals surface area contributed by atoms with E-state index in [0.717, 1.165) is 0 Å². The van der Waals surface area contributed by atoms with Crippen molar-refractivity contribution in [2.75, 3.05) is 5.32 Å². The van der Waals surface area contributed by atoms with E-state index in [-0.39, 0.29) is 17.0 Å². The van der Waals surface area contributed by atoms with Crippen LogP contribution >= 0.6 is 0 Å². The Morgan fingerprint density at radius 1 is 1.24 bits per heavy atom. The molecule has 2 aromatic rings. The Labute approximate surface area is 121 Å². The van der Waals surface area contributed by atoms with Crippen molar-refractivity contribution in [3.05, 3.63) is 58.0 Å². The van der Waals surface area contributed by atoms with Crippen LogP contribution in [0.4, 0.5) is 5.69 Å². The van der Waals surface area contributed by atoms with Crippen molar-refractivity contribution >= 4 is 17.4 Å². The molecule has 1 heterocycles. The molecule has 0 radical (unpaired) electrons. The molecule has 0 unspecified atom stereocenters. The number of aromatic nitrogens is 2. The highest BCUT2D eigenvalue weighted by Crippen LogP contribution is 2.12. The summed E-state index contributed by atoms with van der Waals surface area (Å²) >= 11 is 0. The second-order valence-corrected chi connectivity index (χ2v) is 4.46. The molecule has 1 amide bonds. The fourth-order valence-corrected chi connectivity index (χ4v) is 1.81. The first kappa shape index (κ1) is 14.6. The molecule has 0 saturated carbocycles. The van der Waals surface area contributed by atoms with Gasteiger partial charge in [-0.05, 0) is 32.0 Å². The van der Waals surface area contributed by atoms with Crippen LogP contribution in [0.25, 0.3) is 0 Å². The molecule has 108 valence electrons. The van der Waals surface area contributed by atoms with Crippen LogP contribution in [0.5, 0.6) is 0 Å². The van der Waals surface area contributed by atoms with Crippen LogP contribution in [0, 0.1) is 0 Å². The summed E-state index contributed by atoms with van der Waals surface area (Å²) in [6, 6.07) is 9.31. The molecule has 6 heteroatoms. The zero-order valence-electron chi connectivity index (χ0n) is 11.8. The average molecular weight is 285 g/mol. The summed E-state index contributed by atoms with van der Waals surface area (Å²) in [5.74, 6) is -0.512. The highest BCUT2D eigenvalue weighted by atomic mass is 16.2. The summed E-state index contributed by atoms with van der Waals surface area (Å²) in [5.41, 5.74) is 0.903. The van der Waals surface area contributed by atoms with Crippen molar-refractivity contribution in [1.82, 2.24) is 9.78 Å². The highest BCUT2D eigenvalue weighted by molar-refractivity contribution is 6.03. The van der Waals surface area contributed by atoms with Crippen molar-refractivity contribution < 1.29 is 9.59 Å². The quantitative estimate of drug-likeness (QED) is 0.867. The van der Waals surface area contributed by atoms with Gasteiger partial charge in [0.15, 0.2) is 5.78 Å². The first-order valence-electron chi connectivity index (χ1n) is 6.51. The number of Topliss-reactive ketones (excluding diaryl/α,β-unsaturated/α-hetero) is 1. The SMILES string of the molecule is CCn1nc(C(=O)Nc2cccc(C(C)=O)c2)ccc1=O. The number of anilines is 1. The van der Waals surface area contributed by atoms with Crippen LogP contribution < -0.4 is 10.9 Å². The van der Waals surface area contributed by atoms with Crippen LogP contribution in [-0.2, 0) is 6.54 Å². The van der Waals surface area contributed by atoms with Crippen molar-refractivity contribution in [3.63, 3.8) is 0 Å². The number of hydrogen-bond donors (Lipinski definition) is 1. The molecule has 2 rings (SSSR count). The van der Waals surface area contributed by atoms with Gasteiger partial charge < -0.3 is 5.32 Å². The molecule has 0 aliphatic rings. The van der Waals surface area contributed by atoms with Gasteiger partial charge >= 0.3 is 0 Å². The highest BCUT2D eigenvalue weighted by Gasteiger charge is 2.10. The number of rotatable bonds is 4. The van der Waals surface area contributed by atoms with E-state index in [1.807, 2.05) is 0 Å². The fourth-order valence-electron chi connectivity index (χ4n) is 1.81. The molecule has 1 aromatic carbocycles. The third-order valence-electron chi connectivity index (χ3n) is 2.93. The normalized spacial score (nSPS) is 10.2. The van der Waals surface area contributed by atoms with Crippen LogP contribution in [0.15, 0.2) is 41.2 Å². The Hall–Kier alpha value is -2.76. The minimum atomic E-state index is -0.432. The predicted octanol–water partition coefficient (Wildman–Crippen LogP) is 1.72. The maximum atomic E-state index is 12.1. The molecule has 0 spiro atoms. The number of benzene rings is 1. The number of nitrogens with zero attached hydrogens (tertiary/aromatic N) is 2. The Balaban J connectivity index is 2.24. The molecule has 0 fully saturated rings. The van der Waals surface area contributed by atoms with E-state index in [9.17, 15) is 14.4 Å². The van der Waals surface area contributed by atoms with E-state index >= 15 is 0 Å². The molecular weight excluding hydrogens is 270 g/mol. The lowest BCUT2D eigenvalue weighted by Gasteiger charge is -2.07. The summed E-state index contributed by atoms with van der Waals surface area (Å²) in [6.07, 6.45) is 0. The number of carbonyl (C=O) groups is 2. The number of amides is 1. The molecule has 1 N–H and O–H groups in total. The van der Waals surface area contributed by atoms with E-state index < -0.39 is 5.91 Å². The third-order valence-corrected chi connectivity index (χ3v) is 2.93. The minimum absolute atomic E-state index is 0.0799. The molecule has 0 bridgehead atoms. The number of nitrogens with one attached hydrogen (secondary N) is 1. The summed E-state index contributed by atoms with van der Waals surface area (Å²) < 4.78 is 1.21. The predicted molar refractivity (Wildman–Crippen MR) is 78.6 cm³/mol. The number of ketones is 1. The smallest absolute Gasteiger partial charge is 0.276 e. The first-order chi connectivity index (χ1) is 10.0. The van der Waals surface area contributed by atoms with Gasteiger partial charge in [-0.1, -0.05) is 12.1 Å². The van der Waals surface area contributed by atoms with Gasteiger partial charge in [-0.25, -0.2) is 4.68 Å². The molecule has 0 atom stereocenters. The van der Waals surface area contributed by atoms with Gasteiger partial charge in [-0.2, -0.15) is 5.10 Å². The Bertz CT molecular complexity index is 750. The summed E-state index contributed by atoms with van der Waals surface area (Å²) in [6.45, 7) is 3.62. The topological polar surface area (TPSA) is 81.1 Å². The maximum absolute atomic E-state index is 12.1. The van der Waals surface area contributed by atoms with Crippen molar-refractivity contribution in [2.45, 2.75) is 20.4 Å². The zero-order chi connectivity index (χ0) is 15.4. The van der Waals surface area contributed by atoms with Crippen molar-refractivity contribution in [1.29, 1.82) is 0 Å². The van der Waals surface area contributed by atoms with Gasteiger partial charge in [0.1, 0.15) is 5.69 Å². The van der Waals surface area contributed by atoms with Crippen LogP contribution in [0.1, 0.15) is 34.7 Å². The summed E-state index contributed by atoms with van der Waals surface area (Å²) in [5, 5.41) is 6.62. The Morgan fingerprint density at radius 2 is 2.00 bits per heavy atom. The van der Waals surface area contributed by atoms with Gasteiger partial charge in [-0.15, -0.1) is 0 Å². The van der Waals surface area contributed by atoms with Crippen molar-refractivity contribution in [2.24, 2.45) is 0 Å². The molecule has 0 saturated heterocycles. The third kappa shape index (κ3) is 3.42. The number of aryl methyl sites for hydroxylation is 1. The average Bonchev–Trinajstić information content (AvgIpc) is 2.47. The molecule has 6 nitrogen and oxygen atoms in total. The molecule has 0 aliphatic carbocycles. The van der Waals surface area contributed by atoms with E-state index in [1.165, 1.54) is 23.7 Å². The van der Waals surface area contributed by atoms with E-state index in [4.69, 9.17) is 0 Å². The second kappa shape index (κ2) is 6.13.